The van der Waals surface area contributed by atoms with Gasteiger partial charge in [0.05, 0.1) is 7.11 Å². The smallest absolute Gasteiger partial charge is 0.264 e. The average Bonchev–Trinajstić information content (AvgIpc) is 2.74. The first-order chi connectivity index (χ1) is 14.8. The minimum atomic E-state index is -4.24. The monoisotopic (exact) mass is 440 g/mol. The first-order valence-corrected chi connectivity index (χ1v) is 10.6. The number of benzene rings is 1. The summed E-state index contributed by atoms with van der Waals surface area (Å²) in [6.45, 7) is 1.75. The van der Waals surface area contributed by atoms with Gasteiger partial charge in [-0.15, -0.1) is 0 Å². The number of hydrogen-bond donors (Lipinski definition) is 1. The average molecular weight is 440 g/mol. The lowest BCUT2D eigenvalue weighted by molar-refractivity contribution is 0.400. The lowest BCUT2D eigenvalue weighted by atomic mass is 10.1. The van der Waals surface area contributed by atoms with Crippen LogP contribution >= 0.6 is 0 Å². The van der Waals surface area contributed by atoms with Crippen LogP contribution in [-0.2, 0) is 10.0 Å². The van der Waals surface area contributed by atoms with Crippen molar-refractivity contribution in [3.05, 3.63) is 82.8 Å². The lowest BCUT2D eigenvalue weighted by Gasteiger charge is -2.15. The molecule has 4 rings (SSSR count). The predicted octanol–water partition coefficient (Wildman–Crippen LogP) is 3.01. The van der Waals surface area contributed by atoms with E-state index in [1.165, 1.54) is 48.2 Å². The Labute approximate surface area is 177 Å². The van der Waals surface area contributed by atoms with E-state index in [2.05, 4.69) is 14.7 Å². The fraction of sp³-hybridized carbons (Fsp3) is 0.0952. The predicted molar refractivity (Wildman–Crippen MR) is 113 cm³/mol. The molecule has 0 atom stereocenters. The number of aryl methyl sites for hydroxylation is 1. The van der Waals surface area contributed by atoms with E-state index < -0.39 is 20.7 Å². The van der Waals surface area contributed by atoms with Crippen molar-refractivity contribution in [2.24, 2.45) is 0 Å². The maximum Gasteiger partial charge on any atom is 0.264 e. The van der Waals surface area contributed by atoms with E-state index in [-0.39, 0.29) is 17.1 Å². The number of rotatable bonds is 5. The van der Waals surface area contributed by atoms with E-state index in [1.807, 2.05) is 0 Å². The van der Waals surface area contributed by atoms with Crippen LogP contribution in [0, 0.1) is 12.7 Å². The van der Waals surface area contributed by atoms with Gasteiger partial charge in [0.1, 0.15) is 22.0 Å². The van der Waals surface area contributed by atoms with E-state index in [9.17, 15) is 17.6 Å². The summed E-state index contributed by atoms with van der Waals surface area (Å²) in [5.74, 6) is -0.865. The third kappa shape index (κ3) is 3.73. The minimum Gasteiger partial charge on any atom is -0.480 e. The van der Waals surface area contributed by atoms with Crippen LogP contribution in [0.2, 0.25) is 0 Å². The largest absolute Gasteiger partial charge is 0.480 e. The summed E-state index contributed by atoms with van der Waals surface area (Å²) < 4.78 is 48.5. The molecule has 0 fully saturated rings. The van der Waals surface area contributed by atoms with Crippen molar-refractivity contribution < 1.29 is 17.5 Å². The summed E-state index contributed by atoms with van der Waals surface area (Å²) in [5, 5.41) is 0. The zero-order valence-electron chi connectivity index (χ0n) is 16.5. The summed E-state index contributed by atoms with van der Waals surface area (Å²) in [6.07, 6.45) is 2.93. The molecular weight excluding hydrogens is 423 g/mol. The summed E-state index contributed by atoms with van der Waals surface area (Å²) in [7, 11) is -2.89. The van der Waals surface area contributed by atoms with Crippen molar-refractivity contribution in [2.75, 3.05) is 11.8 Å². The summed E-state index contributed by atoms with van der Waals surface area (Å²) in [6, 6.07) is 11.3. The normalized spacial score (nSPS) is 11.5. The van der Waals surface area contributed by atoms with E-state index in [4.69, 9.17) is 4.74 Å². The molecule has 0 radical (unpaired) electrons. The molecule has 3 aromatic heterocycles. The maximum absolute atomic E-state index is 14.0. The van der Waals surface area contributed by atoms with Crippen LogP contribution < -0.4 is 15.0 Å². The van der Waals surface area contributed by atoms with E-state index >= 15 is 0 Å². The van der Waals surface area contributed by atoms with Crippen LogP contribution in [0.5, 0.6) is 5.88 Å². The van der Waals surface area contributed by atoms with E-state index in [0.717, 1.165) is 12.1 Å². The Morgan fingerprint density at radius 2 is 1.87 bits per heavy atom. The van der Waals surface area contributed by atoms with Gasteiger partial charge in [-0.2, -0.15) is 0 Å². The van der Waals surface area contributed by atoms with Gasteiger partial charge in [-0.3, -0.25) is 13.9 Å². The van der Waals surface area contributed by atoms with Gasteiger partial charge in [0, 0.05) is 35.3 Å². The van der Waals surface area contributed by atoms with Crippen molar-refractivity contribution in [1.29, 1.82) is 0 Å². The fourth-order valence-electron chi connectivity index (χ4n) is 3.28. The summed E-state index contributed by atoms with van der Waals surface area (Å²) >= 11 is 0. The molecular formula is C21H17FN4O4S. The standard InChI is InChI=1S/C21H17FN4O4S/c1-13-15(7-8-19-23-10-9-20(27)26(13)19)14-11-17(21(30-2)24-12-14)25-31(28,29)18-6-4-3-5-16(18)22/h3-12,25H,1-2H3. The third-order valence-electron chi connectivity index (χ3n) is 4.72. The molecule has 0 aliphatic heterocycles. The van der Waals surface area contributed by atoms with Crippen LogP contribution in [0.1, 0.15) is 5.69 Å². The van der Waals surface area contributed by atoms with Crippen molar-refractivity contribution in [2.45, 2.75) is 11.8 Å². The fourth-order valence-corrected chi connectivity index (χ4v) is 4.41. The number of anilines is 1. The van der Waals surface area contributed by atoms with Gasteiger partial charge in [-0.25, -0.2) is 22.8 Å². The number of hydrogen-bond acceptors (Lipinski definition) is 6. The van der Waals surface area contributed by atoms with Crippen LogP contribution in [0.25, 0.3) is 16.8 Å². The van der Waals surface area contributed by atoms with Crippen LogP contribution in [0.4, 0.5) is 10.1 Å². The highest BCUT2D eigenvalue weighted by Crippen LogP contribution is 2.31. The van der Waals surface area contributed by atoms with Gasteiger partial charge in [0.15, 0.2) is 0 Å². The molecule has 31 heavy (non-hydrogen) atoms. The van der Waals surface area contributed by atoms with Crippen molar-refractivity contribution >= 4 is 21.4 Å². The van der Waals surface area contributed by atoms with E-state index in [1.54, 1.807) is 19.1 Å². The second kappa shape index (κ2) is 7.80. The number of fused-ring (bicyclic) bond motifs is 1. The second-order valence-electron chi connectivity index (χ2n) is 6.63. The molecule has 4 aromatic rings. The number of pyridine rings is 2. The van der Waals surface area contributed by atoms with Gasteiger partial charge >= 0.3 is 0 Å². The zero-order valence-corrected chi connectivity index (χ0v) is 17.4. The number of methoxy groups -OCH3 is 1. The van der Waals surface area contributed by atoms with Gasteiger partial charge < -0.3 is 4.74 Å². The van der Waals surface area contributed by atoms with Gasteiger partial charge in [0.25, 0.3) is 15.6 Å². The Bertz CT molecular complexity index is 1470. The Balaban J connectivity index is 1.83. The van der Waals surface area contributed by atoms with Gasteiger partial charge in [-0.05, 0) is 37.3 Å². The highest BCUT2D eigenvalue weighted by molar-refractivity contribution is 7.92. The second-order valence-corrected chi connectivity index (χ2v) is 8.28. The van der Waals surface area contributed by atoms with Gasteiger partial charge in [-0.1, -0.05) is 12.1 Å². The quantitative estimate of drug-likeness (QED) is 0.512. The first kappa shape index (κ1) is 20.5. The number of nitrogens with one attached hydrogen (secondary N) is 1. The maximum atomic E-state index is 14.0. The Kier molecular flexibility index (Phi) is 5.15. The number of sulfonamides is 1. The SMILES string of the molecule is COc1ncc(-c2ccc3nccc(=O)n3c2C)cc1NS(=O)(=O)c1ccccc1F. The summed E-state index contributed by atoms with van der Waals surface area (Å²) in [4.78, 5) is 20.1. The number of aromatic nitrogens is 3. The number of nitrogens with zero attached hydrogens (tertiary/aromatic N) is 3. The molecule has 0 saturated carbocycles. The highest BCUT2D eigenvalue weighted by Gasteiger charge is 2.21. The number of halogens is 1. The zero-order chi connectivity index (χ0) is 22.2. The van der Waals surface area contributed by atoms with Crippen molar-refractivity contribution in [1.82, 2.24) is 14.4 Å². The molecule has 0 unspecified atom stereocenters. The summed E-state index contributed by atoms with van der Waals surface area (Å²) in [5.41, 5.74) is 2.04. The van der Waals surface area contributed by atoms with Gasteiger partial charge in [0.2, 0.25) is 5.88 Å². The molecule has 3 heterocycles. The lowest BCUT2D eigenvalue weighted by Crippen LogP contribution is -2.16. The first-order valence-electron chi connectivity index (χ1n) is 9.11. The van der Waals surface area contributed by atoms with E-state index in [0.29, 0.717) is 22.5 Å². The molecule has 10 heteroatoms. The van der Waals surface area contributed by atoms with Crippen molar-refractivity contribution in [3.8, 4) is 17.0 Å². The third-order valence-corrected chi connectivity index (χ3v) is 6.12. The Morgan fingerprint density at radius 1 is 1.10 bits per heavy atom. The van der Waals surface area contributed by atoms with Crippen LogP contribution in [0.3, 0.4) is 0 Å². The molecule has 0 spiro atoms. The topological polar surface area (TPSA) is 103 Å². The number of ether oxygens (including phenoxy) is 1. The molecule has 158 valence electrons. The molecule has 0 bridgehead atoms. The molecule has 1 N–H and O–H groups in total. The highest BCUT2D eigenvalue weighted by atomic mass is 32.2. The van der Waals surface area contributed by atoms with Crippen LogP contribution in [-0.4, -0.2) is 29.9 Å². The molecule has 0 aliphatic rings. The Morgan fingerprint density at radius 3 is 2.61 bits per heavy atom. The molecule has 8 nitrogen and oxygen atoms in total. The molecule has 0 amide bonds. The molecule has 1 aromatic carbocycles. The van der Waals surface area contributed by atoms with Crippen LogP contribution in [0.15, 0.2) is 70.6 Å². The molecule has 0 aliphatic carbocycles. The Hall–Kier alpha value is -3.79. The molecule has 0 saturated heterocycles. The minimum absolute atomic E-state index is 0.0148. The van der Waals surface area contributed by atoms with Crippen molar-refractivity contribution in [3.63, 3.8) is 0 Å².